The number of alkyl carbamates (subject to hydrolysis) is 1. The Labute approximate surface area is 207 Å². The number of hydrogen-bond donors (Lipinski definition) is 3. The Hall–Kier alpha value is -3.90. The van der Waals surface area contributed by atoms with Gasteiger partial charge in [-0.1, -0.05) is 19.4 Å². The van der Waals surface area contributed by atoms with Crippen molar-refractivity contribution in [2.75, 3.05) is 6.61 Å². The molecule has 0 unspecified atom stereocenters. The van der Waals surface area contributed by atoms with Crippen LogP contribution in [-0.2, 0) is 30.3 Å². The van der Waals surface area contributed by atoms with Gasteiger partial charge in [0.05, 0.1) is 11.5 Å². The van der Waals surface area contributed by atoms with Gasteiger partial charge >= 0.3 is 29.7 Å². The van der Waals surface area contributed by atoms with Crippen molar-refractivity contribution >= 4 is 29.7 Å². The largest absolute Gasteiger partial charge is 0.482 e. The summed E-state index contributed by atoms with van der Waals surface area (Å²) in [5.41, 5.74) is -1.15. The Morgan fingerprint density at radius 3 is 2.19 bits per heavy atom. The van der Waals surface area contributed by atoms with E-state index in [1.54, 1.807) is 34.6 Å². The number of amides is 1. The molecule has 0 aliphatic carbocycles. The van der Waals surface area contributed by atoms with Gasteiger partial charge in [-0.05, 0) is 45.7 Å². The standard InChI is InChI=1S/C23H32N2O11/c1-6-8-17(18(19(26)27)20(28)29)35-16-10-9-13(12-15(16)25(32)33)11-14(21(30)34-7-2)24-22(31)36-23(3,4)5/h9-10,12,14,17-18H,6-8,11H2,1-5H3,(H,24,31)(H,26,27)(H,28,29)/t14-,17+/m0/s1. The lowest BCUT2D eigenvalue weighted by Crippen LogP contribution is -2.45. The molecular formula is C23H32N2O11. The van der Waals surface area contributed by atoms with Gasteiger partial charge in [-0.25, -0.2) is 9.59 Å². The minimum absolute atomic E-state index is 0.0207. The molecule has 0 radical (unpaired) electrons. The lowest BCUT2D eigenvalue weighted by molar-refractivity contribution is -0.386. The van der Waals surface area contributed by atoms with Crippen molar-refractivity contribution in [2.45, 2.75) is 71.6 Å². The monoisotopic (exact) mass is 512 g/mol. The van der Waals surface area contributed by atoms with E-state index < -0.39 is 58.3 Å². The first kappa shape index (κ1) is 30.1. The number of nitrogens with zero attached hydrogens (tertiary/aromatic N) is 1. The predicted octanol–water partition coefficient (Wildman–Crippen LogP) is 2.93. The Bertz CT molecular complexity index is 957. The fourth-order valence-corrected chi connectivity index (χ4v) is 3.22. The van der Waals surface area contributed by atoms with Gasteiger partial charge in [-0.2, -0.15) is 0 Å². The second kappa shape index (κ2) is 13.3. The number of carboxylic acid groups (broad SMARTS) is 2. The zero-order valence-electron chi connectivity index (χ0n) is 20.8. The van der Waals surface area contributed by atoms with Crippen molar-refractivity contribution in [3.05, 3.63) is 33.9 Å². The molecular weight excluding hydrogens is 480 g/mol. The second-order valence-corrected chi connectivity index (χ2v) is 8.81. The van der Waals surface area contributed by atoms with Crippen LogP contribution in [0.2, 0.25) is 0 Å². The Kier molecular flexibility index (Phi) is 11.1. The van der Waals surface area contributed by atoms with Gasteiger partial charge in [0.15, 0.2) is 11.7 Å². The molecule has 13 nitrogen and oxygen atoms in total. The number of nitro groups is 1. The molecule has 0 bridgehead atoms. The van der Waals surface area contributed by atoms with Crippen LogP contribution < -0.4 is 10.1 Å². The molecule has 1 rings (SSSR count). The molecule has 1 aromatic rings. The number of carboxylic acids is 2. The van der Waals surface area contributed by atoms with E-state index in [0.717, 1.165) is 6.07 Å². The highest BCUT2D eigenvalue weighted by Gasteiger charge is 2.37. The van der Waals surface area contributed by atoms with Crippen LogP contribution in [0, 0.1) is 16.0 Å². The van der Waals surface area contributed by atoms with Crippen LogP contribution in [0.25, 0.3) is 0 Å². The third-order valence-electron chi connectivity index (χ3n) is 4.68. The topological polar surface area (TPSA) is 192 Å². The summed E-state index contributed by atoms with van der Waals surface area (Å²) in [5, 5.41) is 32.7. The molecule has 0 heterocycles. The fraction of sp³-hybridized carbons (Fsp3) is 0.565. The van der Waals surface area contributed by atoms with Crippen molar-refractivity contribution < 1.29 is 48.5 Å². The minimum atomic E-state index is -1.93. The third kappa shape index (κ3) is 9.39. The van der Waals surface area contributed by atoms with Crippen molar-refractivity contribution in [1.29, 1.82) is 0 Å². The molecule has 0 saturated heterocycles. The normalized spacial score (nSPS) is 12.8. The number of ether oxygens (including phenoxy) is 3. The number of rotatable bonds is 13. The highest BCUT2D eigenvalue weighted by molar-refractivity contribution is 5.93. The van der Waals surface area contributed by atoms with Crippen LogP contribution in [0.3, 0.4) is 0 Å². The maximum atomic E-state index is 12.4. The van der Waals surface area contributed by atoms with E-state index in [-0.39, 0.29) is 30.8 Å². The zero-order chi connectivity index (χ0) is 27.6. The Morgan fingerprint density at radius 1 is 1.11 bits per heavy atom. The number of benzene rings is 1. The molecule has 13 heteroatoms. The number of hydrogen-bond acceptors (Lipinski definition) is 9. The molecule has 0 aromatic heterocycles. The van der Waals surface area contributed by atoms with Gasteiger partial charge in [0, 0.05) is 12.5 Å². The molecule has 1 amide bonds. The summed E-state index contributed by atoms with van der Waals surface area (Å²) in [4.78, 5) is 58.4. The van der Waals surface area contributed by atoms with E-state index in [9.17, 15) is 39.5 Å². The quantitative estimate of drug-likeness (QED) is 0.152. The van der Waals surface area contributed by atoms with Crippen molar-refractivity contribution in [3.63, 3.8) is 0 Å². The predicted molar refractivity (Wildman–Crippen MR) is 125 cm³/mol. The summed E-state index contributed by atoms with van der Waals surface area (Å²) in [7, 11) is 0. The molecule has 36 heavy (non-hydrogen) atoms. The van der Waals surface area contributed by atoms with Crippen molar-refractivity contribution in [1.82, 2.24) is 5.32 Å². The minimum Gasteiger partial charge on any atom is -0.482 e. The van der Waals surface area contributed by atoms with E-state index in [1.807, 2.05) is 0 Å². The van der Waals surface area contributed by atoms with Gasteiger partial charge in [-0.15, -0.1) is 0 Å². The molecule has 0 aliphatic rings. The zero-order valence-corrected chi connectivity index (χ0v) is 20.8. The maximum absolute atomic E-state index is 12.4. The highest BCUT2D eigenvalue weighted by atomic mass is 16.6. The number of aliphatic carboxylic acids is 2. The van der Waals surface area contributed by atoms with Gasteiger partial charge < -0.3 is 29.7 Å². The molecule has 200 valence electrons. The molecule has 0 spiro atoms. The SMILES string of the molecule is CCC[C@@H](Oc1ccc(C[C@H](NC(=O)OC(C)(C)C)C(=O)OCC)cc1[N+](=O)[O-])C(C(=O)O)C(=O)O. The lowest BCUT2D eigenvalue weighted by atomic mass is 9.98. The maximum Gasteiger partial charge on any atom is 0.408 e. The first-order valence-electron chi connectivity index (χ1n) is 11.3. The number of nitro benzene ring substituents is 1. The first-order chi connectivity index (χ1) is 16.7. The summed E-state index contributed by atoms with van der Waals surface area (Å²) >= 11 is 0. The van der Waals surface area contributed by atoms with Crippen LogP contribution >= 0.6 is 0 Å². The van der Waals surface area contributed by atoms with Crippen molar-refractivity contribution in [3.8, 4) is 5.75 Å². The Balaban J connectivity index is 3.28. The molecule has 0 aliphatic heterocycles. The van der Waals surface area contributed by atoms with Gasteiger partial charge in [0.1, 0.15) is 17.7 Å². The average molecular weight is 513 g/mol. The molecule has 1 aromatic carbocycles. The van der Waals surface area contributed by atoms with Crippen LogP contribution in [0.5, 0.6) is 5.75 Å². The summed E-state index contributed by atoms with van der Waals surface area (Å²) < 4.78 is 15.7. The smallest absolute Gasteiger partial charge is 0.408 e. The highest BCUT2D eigenvalue weighted by Crippen LogP contribution is 2.31. The van der Waals surface area contributed by atoms with Crippen molar-refractivity contribution in [2.24, 2.45) is 5.92 Å². The summed E-state index contributed by atoms with van der Waals surface area (Å²) in [6, 6.07) is 2.44. The first-order valence-corrected chi connectivity index (χ1v) is 11.3. The van der Waals surface area contributed by atoms with E-state index in [0.29, 0.717) is 6.42 Å². The fourth-order valence-electron chi connectivity index (χ4n) is 3.22. The molecule has 0 fully saturated rings. The van der Waals surface area contributed by atoms with Crippen LogP contribution in [-0.4, -0.2) is 63.5 Å². The van der Waals surface area contributed by atoms with E-state index in [4.69, 9.17) is 14.2 Å². The number of esters is 1. The summed E-state index contributed by atoms with van der Waals surface area (Å²) in [6.45, 7) is 8.21. The third-order valence-corrected chi connectivity index (χ3v) is 4.68. The van der Waals surface area contributed by atoms with Crippen LogP contribution in [0.15, 0.2) is 18.2 Å². The van der Waals surface area contributed by atoms with Gasteiger partial charge in [0.2, 0.25) is 0 Å². The average Bonchev–Trinajstić information content (AvgIpc) is 2.72. The van der Waals surface area contributed by atoms with E-state index in [2.05, 4.69) is 5.32 Å². The van der Waals surface area contributed by atoms with Gasteiger partial charge in [-0.3, -0.25) is 19.7 Å². The number of nitrogens with one attached hydrogen (secondary N) is 1. The molecule has 0 saturated carbocycles. The summed E-state index contributed by atoms with van der Waals surface area (Å²) in [6.07, 6.45) is -2.05. The molecule has 2 atom stereocenters. The summed E-state index contributed by atoms with van der Waals surface area (Å²) in [5.74, 6) is -6.31. The van der Waals surface area contributed by atoms with Crippen LogP contribution in [0.1, 0.15) is 53.0 Å². The Morgan fingerprint density at radius 2 is 1.72 bits per heavy atom. The van der Waals surface area contributed by atoms with E-state index >= 15 is 0 Å². The van der Waals surface area contributed by atoms with E-state index in [1.165, 1.54) is 12.1 Å². The second-order valence-electron chi connectivity index (χ2n) is 8.81. The van der Waals surface area contributed by atoms with Crippen LogP contribution in [0.4, 0.5) is 10.5 Å². The number of carbonyl (C=O) groups excluding carboxylic acids is 2. The lowest BCUT2D eigenvalue weighted by Gasteiger charge is -2.23. The number of carbonyl (C=O) groups is 4. The molecule has 3 N–H and O–H groups in total. The van der Waals surface area contributed by atoms with Gasteiger partial charge in [0.25, 0.3) is 0 Å².